The van der Waals surface area contributed by atoms with Crippen molar-refractivity contribution in [3.05, 3.63) is 23.8 Å². The van der Waals surface area contributed by atoms with Crippen molar-refractivity contribution in [3.63, 3.8) is 0 Å². The SMILES string of the molecule is C=C(C)CC(C)CC(C)CC(C)CC(C)CC(C)CC(C)=CCC. The van der Waals surface area contributed by atoms with E-state index in [1.54, 1.807) is 5.57 Å². The van der Waals surface area contributed by atoms with Gasteiger partial charge in [0.05, 0.1) is 0 Å². The molecule has 0 aromatic carbocycles. The minimum atomic E-state index is 0.787. The number of allylic oxidation sites excluding steroid dienone is 3. The van der Waals surface area contributed by atoms with Crippen molar-refractivity contribution in [1.82, 2.24) is 0 Å². The summed E-state index contributed by atoms with van der Waals surface area (Å²) < 4.78 is 0. The van der Waals surface area contributed by atoms with Crippen molar-refractivity contribution in [1.29, 1.82) is 0 Å². The molecule has 24 heavy (non-hydrogen) atoms. The van der Waals surface area contributed by atoms with Crippen LogP contribution in [-0.4, -0.2) is 0 Å². The van der Waals surface area contributed by atoms with Gasteiger partial charge in [-0.2, -0.15) is 0 Å². The zero-order valence-corrected chi connectivity index (χ0v) is 18.1. The molecule has 0 nitrogen and oxygen atoms in total. The molecule has 0 bridgehead atoms. The lowest BCUT2D eigenvalue weighted by Gasteiger charge is -2.24. The van der Waals surface area contributed by atoms with Gasteiger partial charge in [0.25, 0.3) is 0 Å². The van der Waals surface area contributed by atoms with Gasteiger partial charge in [0.1, 0.15) is 0 Å². The normalized spacial score (nSPS) is 18.8. The van der Waals surface area contributed by atoms with E-state index in [1.165, 1.54) is 50.5 Å². The lowest BCUT2D eigenvalue weighted by Crippen LogP contribution is -2.12. The minimum absolute atomic E-state index is 0.787. The Morgan fingerprint density at radius 1 is 0.708 bits per heavy atom. The molecule has 0 saturated heterocycles. The van der Waals surface area contributed by atoms with Crippen molar-refractivity contribution in [3.8, 4) is 0 Å². The lowest BCUT2D eigenvalue weighted by molar-refractivity contribution is 0.285. The molecule has 0 radical (unpaired) electrons. The molecular formula is C24H46. The average molecular weight is 335 g/mol. The maximum atomic E-state index is 4.06. The van der Waals surface area contributed by atoms with Gasteiger partial charge in [-0.3, -0.25) is 0 Å². The fraction of sp³-hybridized carbons (Fsp3) is 0.833. The second-order valence-electron chi connectivity index (χ2n) is 9.29. The van der Waals surface area contributed by atoms with Gasteiger partial charge in [-0.15, -0.1) is 6.58 Å². The van der Waals surface area contributed by atoms with Crippen LogP contribution in [-0.2, 0) is 0 Å². The fourth-order valence-corrected chi connectivity index (χ4v) is 4.78. The molecule has 0 heterocycles. The Labute approximate surface area is 154 Å². The van der Waals surface area contributed by atoms with Gasteiger partial charge < -0.3 is 0 Å². The molecule has 0 aliphatic heterocycles. The van der Waals surface area contributed by atoms with Crippen LogP contribution in [0.5, 0.6) is 0 Å². The van der Waals surface area contributed by atoms with Crippen LogP contribution in [0.1, 0.15) is 100 Å². The van der Waals surface area contributed by atoms with Crippen LogP contribution in [0.2, 0.25) is 0 Å². The Bertz CT molecular complexity index is 362. The highest BCUT2D eigenvalue weighted by molar-refractivity contribution is 4.98. The molecular weight excluding hydrogens is 288 g/mol. The molecule has 0 aromatic rings. The van der Waals surface area contributed by atoms with E-state index in [0.717, 1.165) is 29.6 Å². The van der Waals surface area contributed by atoms with Gasteiger partial charge in [-0.05, 0) is 88.4 Å². The van der Waals surface area contributed by atoms with Crippen LogP contribution in [0.4, 0.5) is 0 Å². The molecule has 0 saturated carbocycles. The molecule has 0 fully saturated rings. The predicted octanol–water partition coefficient (Wildman–Crippen LogP) is 8.44. The van der Waals surface area contributed by atoms with E-state index < -0.39 is 0 Å². The second kappa shape index (κ2) is 12.8. The highest BCUT2D eigenvalue weighted by Crippen LogP contribution is 2.29. The van der Waals surface area contributed by atoms with Crippen LogP contribution in [0, 0.1) is 29.6 Å². The highest BCUT2D eigenvalue weighted by Gasteiger charge is 2.16. The summed E-state index contributed by atoms with van der Waals surface area (Å²) in [7, 11) is 0. The summed E-state index contributed by atoms with van der Waals surface area (Å²) in [4.78, 5) is 0. The summed E-state index contributed by atoms with van der Waals surface area (Å²) in [6.07, 6.45) is 11.5. The quantitative estimate of drug-likeness (QED) is 0.296. The van der Waals surface area contributed by atoms with E-state index in [-0.39, 0.29) is 0 Å². The monoisotopic (exact) mass is 334 g/mol. The van der Waals surface area contributed by atoms with E-state index in [0.29, 0.717) is 0 Å². The van der Waals surface area contributed by atoms with Gasteiger partial charge in [-0.1, -0.05) is 58.8 Å². The third kappa shape index (κ3) is 12.8. The standard InChI is InChI=1S/C24H46/c1-10-11-19(4)13-21(6)15-23(8)17-24(9)16-22(7)14-20(5)12-18(2)3/h11,20-24H,2,10,12-17H2,1,3-9H3. The van der Waals surface area contributed by atoms with Crippen LogP contribution >= 0.6 is 0 Å². The van der Waals surface area contributed by atoms with Crippen LogP contribution in [0.3, 0.4) is 0 Å². The molecule has 0 aromatic heterocycles. The van der Waals surface area contributed by atoms with Crippen molar-refractivity contribution in [2.45, 2.75) is 100 Å². The molecule has 0 rings (SSSR count). The molecule has 0 aliphatic carbocycles. The number of hydrogen-bond donors (Lipinski definition) is 0. The largest absolute Gasteiger partial charge is 0.100 e. The van der Waals surface area contributed by atoms with Gasteiger partial charge in [0, 0.05) is 0 Å². The van der Waals surface area contributed by atoms with Crippen LogP contribution in [0.15, 0.2) is 23.8 Å². The van der Waals surface area contributed by atoms with Crippen molar-refractivity contribution < 1.29 is 0 Å². The summed E-state index contributed by atoms with van der Waals surface area (Å²) in [5, 5.41) is 0. The minimum Gasteiger partial charge on any atom is -0.100 e. The van der Waals surface area contributed by atoms with E-state index in [1.807, 2.05) is 0 Å². The van der Waals surface area contributed by atoms with E-state index in [2.05, 4.69) is 68.0 Å². The Balaban J connectivity index is 4.10. The first-order valence-electron chi connectivity index (χ1n) is 10.4. The predicted molar refractivity (Wildman–Crippen MR) is 112 cm³/mol. The first-order valence-corrected chi connectivity index (χ1v) is 10.4. The number of rotatable bonds is 13. The van der Waals surface area contributed by atoms with Gasteiger partial charge in [0.15, 0.2) is 0 Å². The first kappa shape index (κ1) is 23.5. The third-order valence-corrected chi connectivity index (χ3v) is 5.14. The highest BCUT2D eigenvalue weighted by atomic mass is 14.2. The van der Waals surface area contributed by atoms with E-state index in [9.17, 15) is 0 Å². The molecule has 0 aliphatic rings. The molecule has 142 valence electrons. The molecule has 5 atom stereocenters. The summed E-state index contributed by atoms with van der Waals surface area (Å²) in [5.41, 5.74) is 2.91. The topological polar surface area (TPSA) is 0 Å². The Hall–Kier alpha value is -0.520. The summed E-state index contributed by atoms with van der Waals surface area (Å²) in [5.74, 6) is 4.16. The smallest absolute Gasteiger partial charge is 0.0297 e. The van der Waals surface area contributed by atoms with E-state index >= 15 is 0 Å². The maximum absolute atomic E-state index is 4.06. The van der Waals surface area contributed by atoms with Crippen molar-refractivity contribution >= 4 is 0 Å². The average Bonchev–Trinajstić information content (AvgIpc) is 2.35. The Morgan fingerprint density at radius 2 is 1.08 bits per heavy atom. The first-order chi connectivity index (χ1) is 11.1. The third-order valence-electron chi connectivity index (χ3n) is 5.14. The summed E-state index contributed by atoms with van der Waals surface area (Å²) >= 11 is 0. The lowest BCUT2D eigenvalue weighted by atomic mass is 9.82. The maximum Gasteiger partial charge on any atom is -0.0297 e. The Morgan fingerprint density at radius 3 is 1.46 bits per heavy atom. The van der Waals surface area contributed by atoms with Crippen LogP contribution < -0.4 is 0 Å². The van der Waals surface area contributed by atoms with Gasteiger partial charge >= 0.3 is 0 Å². The van der Waals surface area contributed by atoms with Crippen LogP contribution in [0.25, 0.3) is 0 Å². The molecule has 0 heteroatoms. The van der Waals surface area contributed by atoms with Gasteiger partial charge in [0.2, 0.25) is 0 Å². The Kier molecular flexibility index (Phi) is 12.5. The second-order valence-corrected chi connectivity index (χ2v) is 9.29. The fourth-order valence-electron chi connectivity index (χ4n) is 4.78. The zero-order chi connectivity index (χ0) is 18.7. The van der Waals surface area contributed by atoms with Crippen molar-refractivity contribution in [2.24, 2.45) is 29.6 Å². The summed E-state index contributed by atoms with van der Waals surface area (Å²) in [6, 6.07) is 0. The molecule has 5 unspecified atom stereocenters. The van der Waals surface area contributed by atoms with E-state index in [4.69, 9.17) is 0 Å². The molecule has 0 amide bonds. The van der Waals surface area contributed by atoms with Crippen molar-refractivity contribution in [2.75, 3.05) is 0 Å². The zero-order valence-electron chi connectivity index (χ0n) is 18.1. The van der Waals surface area contributed by atoms with Gasteiger partial charge in [-0.25, -0.2) is 0 Å². The number of hydrogen-bond acceptors (Lipinski definition) is 0. The molecule has 0 spiro atoms. The summed E-state index contributed by atoms with van der Waals surface area (Å²) in [6.45, 7) is 22.9. The molecule has 0 N–H and O–H groups in total.